The third kappa shape index (κ3) is 3.31. The molecule has 2 aromatic heterocycles. The minimum Gasteiger partial charge on any atom is -0.462 e. The average Bonchev–Trinajstić information content (AvgIpc) is 3.29. The molecule has 1 aliphatic rings. The lowest BCUT2D eigenvalue weighted by Crippen LogP contribution is -2.11. The summed E-state index contributed by atoms with van der Waals surface area (Å²) in [5, 5.41) is 11.4. The molecule has 0 amide bonds. The number of fused-ring (bicyclic) bond motifs is 1. The van der Waals surface area contributed by atoms with Crippen molar-refractivity contribution in [1.29, 1.82) is 5.26 Å². The number of hydrogen-bond donors (Lipinski definition) is 0. The molecule has 144 valence electrons. The van der Waals surface area contributed by atoms with Gasteiger partial charge in [-0.1, -0.05) is 19.3 Å². The van der Waals surface area contributed by atoms with E-state index < -0.39 is 0 Å². The number of nitrogens with zero attached hydrogens (tertiary/aromatic N) is 3. The van der Waals surface area contributed by atoms with E-state index in [-0.39, 0.29) is 5.97 Å². The maximum absolute atomic E-state index is 12.1. The van der Waals surface area contributed by atoms with E-state index >= 15 is 0 Å². The third-order valence-electron chi connectivity index (χ3n) is 5.43. The first-order chi connectivity index (χ1) is 13.6. The second kappa shape index (κ2) is 7.76. The molecule has 0 aliphatic heterocycles. The highest BCUT2D eigenvalue weighted by atomic mass is 32.1. The van der Waals surface area contributed by atoms with Crippen LogP contribution in [0.5, 0.6) is 0 Å². The number of nitriles is 1. The maximum atomic E-state index is 12.1. The highest BCUT2D eigenvalue weighted by Crippen LogP contribution is 2.36. The fourth-order valence-corrected chi connectivity index (χ4v) is 5.00. The molecule has 0 unspecified atom stereocenters. The molecule has 1 fully saturated rings. The predicted octanol–water partition coefficient (Wildman–Crippen LogP) is 5.63. The summed E-state index contributed by atoms with van der Waals surface area (Å²) in [6.07, 6.45) is 8.15. The summed E-state index contributed by atoms with van der Waals surface area (Å²) in [4.78, 5) is 17.2. The number of thiazole rings is 1. The largest absolute Gasteiger partial charge is 0.462 e. The Morgan fingerprint density at radius 2 is 2.14 bits per heavy atom. The van der Waals surface area contributed by atoms with E-state index in [0.29, 0.717) is 28.8 Å². The molecule has 1 saturated carbocycles. The summed E-state index contributed by atoms with van der Waals surface area (Å²) < 4.78 is 7.41. The molecule has 1 aromatic carbocycles. The van der Waals surface area contributed by atoms with Gasteiger partial charge in [0.15, 0.2) is 0 Å². The van der Waals surface area contributed by atoms with Crippen molar-refractivity contribution >= 4 is 28.2 Å². The van der Waals surface area contributed by atoms with Crippen LogP contribution in [-0.4, -0.2) is 22.1 Å². The second-order valence-electron chi connectivity index (χ2n) is 7.24. The van der Waals surface area contributed by atoms with Gasteiger partial charge in [-0.3, -0.25) is 0 Å². The summed E-state index contributed by atoms with van der Waals surface area (Å²) in [5.41, 5.74) is 3.40. The van der Waals surface area contributed by atoms with Crippen LogP contribution in [0.4, 0.5) is 0 Å². The summed E-state index contributed by atoms with van der Waals surface area (Å²) >= 11 is 1.34. The molecule has 2 heterocycles. The molecule has 0 bridgehead atoms. The van der Waals surface area contributed by atoms with E-state index in [2.05, 4.69) is 21.7 Å². The zero-order chi connectivity index (χ0) is 19.7. The van der Waals surface area contributed by atoms with Crippen molar-refractivity contribution in [1.82, 2.24) is 9.55 Å². The first-order valence-corrected chi connectivity index (χ1v) is 10.6. The van der Waals surface area contributed by atoms with E-state index in [4.69, 9.17) is 4.74 Å². The lowest BCUT2D eigenvalue weighted by Gasteiger charge is -2.24. The summed E-state index contributed by atoms with van der Waals surface area (Å²) in [6.45, 7) is 3.96. The van der Waals surface area contributed by atoms with Crippen molar-refractivity contribution in [2.45, 2.75) is 52.0 Å². The summed E-state index contributed by atoms with van der Waals surface area (Å²) in [6, 6.07) is 8.97. The molecule has 4 rings (SSSR count). The molecule has 1 aliphatic carbocycles. The molecule has 3 aromatic rings. The predicted molar refractivity (Wildman–Crippen MR) is 111 cm³/mol. The highest BCUT2D eigenvalue weighted by Gasteiger charge is 2.21. The first kappa shape index (κ1) is 18.7. The molecule has 0 spiro atoms. The van der Waals surface area contributed by atoms with Crippen LogP contribution in [0, 0.1) is 18.3 Å². The minimum atomic E-state index is -0.328. The molecular formula is C22H23N3O2S. The Balaban J connectivity index is 1.75. The molecule has 28 heavy (non-hydrogen) atoms. The highest BCUT2D eigenvalue weighted by molar-refractivity contribution is 7.17. The minimum absolute atomic E-state index is 0.328. The van der Waals surface area contributed by atoms with Crippen molar-refractivity contribution in [3.8, 4) is 16.6 Å². The number of esters is 1. The Labute approximate surface area is 168 Å². The van der Waals surface area contributed by atoms with Gasteiger partial charge < -0.3 is 9.30 Å². The molecule has 5 nitrogen and oxygen atoms in total. The van der Waals surface area contributed by atoms with E-state index in [1.165, 1.54) is 43.4 Å². The number of rotatable bonds is 4. The quantitative estimate of drug-likeness (QED) is 0.539. The molecular weight excluding hydrogens is 370 g/mol. The first-order valence-electron chi connectivity index (χ1n) is 9.82. The fraction of sp³-hybridized carbons (Fsp3) is 0.409. The standard InChI is InChI=1S/C22H23N3O2S/c1-3-27-22(26)20-14(2)24-21(28-20)15-9-10-19-18(11-15)16(12-23)13-25(19)17-7-5-4-6-8-17/h9-11,13,17H,3-8H2,1-2H3. The number of ether oxygens (including phenoxy) is 1. The van der Waals surface area contributed by atoms with Gasteiger partial charge in [-0.05, 0) is 44.9 Å². The maximum Gasteiger partial charge on any atom is 0.350 e. The van der Waals surface area contributed by atoms with Gasteiger partial charge in [-0.15, -0.1) is 11.3 Å². The molecule has 0 atom stereocenters. The Morgan fingerprint density at radius 3 is 2.86 bits per heavy atom. The van der Waals surface area contributed by atoms with Gasteiger partial charge in [0.1, 0.15) is 16.0 Å². The molecule has 0 saturated heterocycles. The number of carbonyl (C=O) groups is 1. The topological polar surface area (TPSA) is 67.9 Å². The zero-order valence-corrected chi connectivity index (χ0v) is 17.0. The van der Waals surface area contributed by atoms with Gasteiger partial charge in [0.25, 0.3) is 0 Å². The van der Waals surface area contributed by atoms with Crippen molar-refractivity contribution in [3.63, 3.8) is 0 Å². The number of hydrogen-bond acceptors (Lipinski definition) is 5. The van der Waals surface area contributed by atoms with Gasteiger partial charge in [-0.2, -0.15) is 5.26 Å². The Kier molecular flexibility index (Phi) is 5.19. The molecule has 0 N–H and O–H groups in total. The third-order valence-corrected chi connectivity index (χ3v) is 6.61. The normalized spacial score (nSPS) is 14.9. The van der Waals surface area contributed by atoms with Gasteiger partial charge in [0, 0.05) is 28.7 Å². The fourth-order valence-electron chi connectivity index (χ4n) is 4.04. The summed E-state index contributed by atoms with van der Waals surface area (Å²) in [5.74, 6) is -0.328. The monoisotopic (exact) mass is 393 g/mol. The Bertz CT molecular complexity index is 1070. The van der Waals surface area contributed by atoms with Crippen molar-refractivity contribution in [3.05, 3.63) is 40.5 Å². The average molecular weight is 394 g/mol. The number of aryl methyl sites for hydroxylation is 1. The van der Waals surface area contributed by atoms with Crippen LogP contribution in [-0.2, 0) is 4.74 Å². The van der Waals surface area contributed by atoms with Crippen LogP contribution in [0.2, 0.25) is 0 Å². The number of aromatic nitrogens is 2. The van der Waals surface area contributed by atoms with Crippen LogP contribution >= 0.6 is 11.3 Å². The molecule has 6 heteroatoms. The SMILES string of the molecule is CCOC(=O)c1sc(-c2ccc3c(c2)c(C#N)cn3C2CCCCC2)nc1C. The van der Waals surface area contributed by atoms with Crippen molar-refractivity contribution in [2.75, 3.05) is 6.61 Å². The van der Waals surface area contributed by atoms with Gasteiger partial charge in [-0.25, -0.2) is 9.78 Å². The van der Waals surface area contributed by atoms with Crippen LogP contribution in [0.15, 0.2) is 24.4 Å². The van der Waals surface area contributed by atoms with Gasteiger partial charge >= 0.3 is 5.97 Å². The Morgan fingerprint density at radius 1 is 1.36 bits per heavy atom. The Hall–Kier alpha value is -2.65. The van der Waals surface area contributed by atoms with Gasteiger partial charge in [0.05, 0.1) is 17.9 Å². The van der Waals surface area contributed by atoms with E-state index in [1.807, 2.05) is 25.3 Å². The lowest BCUT2D eigenvalue weighted by atomic mass is 9.95. The smallest absolute Gasteiger partial charge is 0.350 e. The second-order valence-corrected chi connectivity index (χ2v) is 8.24. The lowest BCUT2D eigenvalue weighted by molar-refractivity contribution is 0.0531. The number of carbonyl (C=O) groups excluding carboxylic acids is 1. The van der Waals surface area contributed by atoms with E-state index in [9.17, 15) is 10.1 Å². The van der Waals surface area contributed by atoms with E-state index in [1.54, 1.807) is 6.92 Å². The zero-order valence-electron chi connectivity index (χ0n) is 16.2. The van der Waals surface area contributed by atoms with Crippen molar-refractivity contribution in [2.24, 2.45) is 0 Å². The van der Waals surface area contributed by atoms with Crippen LogP contribution < -0.4 is 0 Å². The van der Waals surface area contributed by atoms with E-state index in [0.717, 1.165) is 21.5 Å². The van der Waals surface area contributed by atoms with Crippen molar-refractivity contribution < 1.29 is 9.53 Å². The van der Waals surface area contributed by atoms with Crippen LogP contribution in [0.1, 0.15) is 66.0 Å². The van der Waals surface area contributed by atoms with Crippen LogP contribution in [0.25, 0.3) is 21.5 Å². The summed E-state index contributed by atoms with van der Waals surface area (Å²) in [7, 11) is 0. The van der Waals surface area contributed by atoms with Gasteiger partial charge in [0.2, 0.25) is 0 Å². The number of benzene rings is 1. The van der Waals surface area contributed by atoms with Crippen LogP contribution in [0.3, 0.4) is 0 Å². The molecule has 0 radical (unpaired) electrons.